The van der Waals surface area contributed by atoms with Gasteiger partial charge in [0.25, 0.3) is 5.91 Å². The highest BCUT2D eigenvalue weighted by molar-refractivity contribution is 5.99. The molecule has 0 aromatic carbocycles. The molecule has 2 rings (SSSR count). The maximum atomic E-state index is 11.9. The standard InChI is InChI=1S/C10H15N5O2/c11-9(15-17)10(4-1-2-5-10)13-8(16)7-3-6-12-14-7/h3,6,17H,1-2,4-5H2,(H2,11,15)(H,12,14)(H,13,16). The van der Waals surface area contributed by atoms with Crippen LogP contribution in [-0.4, -0.2) is 32.7 Å². The molecule has 5 N–H and O–H groups in total. The molecule has 0 radical (unpaired) electrons. The van der Waals surface area contributed by atoms with E-state index in [0.29, 0.717) is 18.5 Å². The molecule has 17 heavy (non-hydrogen) atoms. The Bertz CT molecular complexity index is 420. The number of oxime groups is 1. The highest BCUT2D eigenvalue weighted by atomic mass is 16.4. The van der Waals surface area contributed by atoms with E-state index in [-0.39, 0.29) is 11.7 Å². The minimum absolute atomic E-state index is 0.0582. The Morgan fingerprint density at radius 2 is 2.29 bits per heavy atom. The number of H-pyrrole nitrogens is 1. The molecule has 0 spiro atoms. The van der Waals surface area contributed by atoms with E-state index < -0.39 is 5.54 Å². The minimum Gasteiger partial charge on any atom is -0.409 e. The van der Waals surface area contributed by atoms with Crippen LogP contribution in [0, 0.1) is 0 Å². The van der Waals surface area contributed by atoms with Gasteiger partial charge in [-0.1, -0.05) is 18.0 Å². The van der Waals surface area contributed by atoms with Crippen molar-refractivity contribution in [3.63, 3.8) is 0 Å². The summed E-state index contributed by atoms with van der Waals surface area (Å²) in [6.07, 6.45) is 4.75. The highest BCUT2D eigenvalue weighted by Gasteiger charge is 2.40. The van der Waals surface area contributed by atoms with E-state index in [0.717, 1.165) is 12.8 Å². The summed E-state index contributed by atoms with van der Waals surface area (Å²) in [5, 5.41) is 20.9. The monoisotopic (exact) mass is 237 g/mol. The smallest absolute Gasteiger partial charge is 0.270 e. The summed E-state index contributed by atoms with van der Waals surface area (Å²) in [7, 11) is 0. The second-order valence-corrected chi connectivity index (χ2v) is 4.20. The quantitative estimate of drug-likeness (QED) is 0.260. The Balaban J connectivity index is 2.17. The number of amidine groups is 1. The van der Waals surface area contributed by atoms with Gasteiger partial charge in [0.2, 0.25) is 0 Å². The number of nitrogens with zero attached hydrogens (tertiary/aromatic N) is 2. The maximum Gasteiger partial charge on any atom is 0.270 e. The van der Waals surface area contributed by atoms with Crippen LogP contribution in [0.1, 0.15) is 36.2 Å². The van der Waals surface area contributed by atoms with E-state index in [1.54, 1.807) is 6.07 Å². The van der Waals surface area contributed by atoms with Crippen molar-refractivity contribution in [1.29, 1.82) is 0 Å². The lowest BCUT2D eigenvalue weighted by Crippen LogP contribution is -2.55. The number of hydrogen-bond donors (Lipinski definition) is 4. The molecule has 0 saturated heterocycles. The van der Waals surface area contributed by atoms with Gasteiger partial charge >= 0.3 is 0 Å². The van der Waals surface area contributed by atoms with Crippen LogP contribution >= 0.6 is 0 Å². The van der Waals surface area contributed by atoms with Crippen molar-refractivity contribution in [2.75, 3.05) is 0 Å². The zero-order chi connectivity index (χ0) is 12.3. The minimum atomic E-state index is -0.725. The van der Waals surface area contributed by atoms with Gasteiger partial charge in [0.1, 0.15) is 11.2 Å². The lowest BCUT2D eigenvalue weighted by molar-refractivity contribution is 0.0917. The molecule has 1 aromatic rings. The molecule has 0 atom stereocenters. The van der Waals surface area contributed by atoms with Gasteiger partial charge in [-0.3, -0.25) is 9.89 Å². The zero-order valence-corrected chi connectivity index (χ0v) is 9.31. The molecule has 1 saturated carbocycles. The summed E-state index contributed by atoms with van der Waals surface area (Å²) in [6, 6.07) is 1.57. The van der Waals surface area contributed by atoms with Gasteiger partial charge in [0.15, 0.2) is 5.84 Å². The van der Waals surface area contributed by atoms with Gasteiger partial charge in [-0.25, -0.2) is 0 Å². The van der Waals surface area contributed by atoms with Crippen LogP contribution in [0.5, 0.6) is 0 Å². The fourth-order valence-electron chi connectivity index (χ4n) is 2.19. The summed E-state index contributed by atoms with van der Waals surface area (Å²) in [5.41, 5.74) is 5.31. The lowest BCUT2D eigenvalue weighted by atomic mass is 9.96. The van der Waals surface area contributed by atoms with Crippen LogP contribution < -0.4 is 11.1 Å². The lowest BCUT2D eigenvalue weighted by Gasteiger charge is -2.28. The number of nitrogens with two attached hydrogens (primary N) is 1. The molecule has 1 aliphatic carbocycles. The Morgan fingerprint density at radius 1 is 1.59 bits per heavy atom. The third-order valence-electron chi connectivity index (χ3n) is 3.15. The predicted molar refractivity (Wildman–Crippen MR) is 60.7 cm³/mol. The number of aromatic amines is 1. The van der Waals surface area contributed by atoms with E-state index >= 15 is 0 Å². The number of carbonyl (C=O) groups is 1. The summed E-state index contributed by atoms with van der Waals surface area (Å²) in [5.74, 6) is -0.237. The van der Waals surface area contributed by atoms with Crippen LogP contribution in [0.15, 0.2) is 17.4 Å². The number of hydrogen-bond acceptors (Lipinski definition) is 4. The number of carbonyl (C=O) groups excluding carboxylic acids is 1. The molecule has 0 unspecified atom stereocenters. The molecule has 1 fully saturated rings. The first kappa shape index (κ1) is 11.4. The van der Waals surface area contributed by atoms with E-state index in [4.69, 9.17) is 10.9 Å². The van der Waals surface area contributed by atoms with Gasteiger partial charge < -0.3 is 16.3 Å². The maximum absolute atomic E-state index is 11.9. The molecule has 0 bridgehead atoms. The predicted octanol–water partition coefficient (Wildman–Crippen LogP) is 0.199. The van der Waals surface area contributed by atoms with Gasteiger partial charge in [-0.05, 0) is 18.9 Å². The molecule has 7 nitrogen and oxygen atoms in total. The Hall–Kier alpha value is -2.05. The van der Waals surface area contributed by atoms with Gasteiger partial charge in [-0.2, -0.15) is 5.10 Å². The van der Waals surface area contributed by atoms with Crippen molar-refractivity contribution < 1.29 is 10.0 Å². The highest BCUT2D eigenvalue weighted by Crippen LogP contribution is 2.30. The number of aromatic nitrogens is 2. The van der Waals surface area contributed by atoms with Gasteiger partial charge in [0.05, 0.1) is 0 Å². The molecule has 1 heterocycles. The van der Waals surface area contributed by atoms with E-state index in [9.17, 15) is 4.79 Å². The van der Waals surface area contributed by atoms with Crippen molar-refractivity contribution in [3.05, 3.63) is 18.0 Å². The first-order valence-corrected chi connectivity index (χ1v) is 5.48. The molecular formula is C10H15N5O2. The van der Waals surface area contributed by atoms with Crippen LogP contribution in [0.25, 0.3) is 0 Å². The Morgan fingerprint density at radius 3 is 2.82 bits per heavy atom. The Kier molecular flexibility index (Phi) is 2.99. The van der Waals surface area contributed by atoms with Crippen molar-refractivity contribution in [2.45, 2.75) is 31.2 Å². The molecule has 7 heteroatoms. The molecular weight excluding hydrogens is 222 g/mol. The van der Waals surface area contributed by atoms with Crippen molar-refractivity contribution in [2.24, 2.45) is 10.9 Å². The normalized spacial score (nSPS) is 19.2. The first-order chi connectivity index (χ1) is 8.18. The second kappa shape index (κ2) is 4.44. The van der Waals surface area contributed by atoms with Crippen LogP contribution in [-0.2, 0) is 0 Å². The topological polar surface area (TPSA) is 116 Å². The van der Waals surface area contributed by atoms with E-state index in [1.807, 2.05) is 0 Å². The summed E-state index contributed by atoms with van der Waals surface area (Å²) in [4.78, 5) is 11.9. The van der Waals surface area contributed by atoms with Crippen LogP contribution in [0.4, 0.5) is 0 Å². The summed E-state index contributed by atoms with van der Waals surface area (Å²) < 4.78 is 0. The Labute approximate surface area is 98.1 Å². The first-order valence-electron chi connectivity index (χ1n) is 5.48. The SMILES string of the molecule is N/C(=N/O)C1(NC(=O)c2ccn[nH]2)CCCC1. The second-order valence-electron chi connectivity index (χ2n) is 4.20. The van der Waals surface area contributed by atoms with Crippen molar-refractivity contribution >= 4 is 11.7 Å². The van der Waals surface area contributed by atoms with Gasteiger partial charge in [-0.15, -0.1) is 0 Å². The average molecular weight is 237 g/mol. The molecule has 1 aromatic heterocycles. The largest absolute Gasteiger partial charge is 0.409 e. The zero-order valence-electron chi connectivity index (χ0n) is 9.31. The summed E-state index contributed by atoms with van der Waals surface area (Å²) >= 11 is 0. The van der Waals surface area contributed by atoms with Crippen molar-refractivity contribution in [3.8, 4) is 0 Å². The third-order valence-corrected chi connectivity index (χ3v) is 3.15. The fourth-order valence-corrected chi connectivity index (χ4v) is 2.19. The van der Waals surface area contributed by atoms with E-state index in [2.05, 4.69) is 20.7 Å². The number of rotatable bonds is 3. The van der Waals surface area contributed by atoms with Crippen molar-refractivity contribution in [1.82, 2.24) is 15.5 Å². The number of nitrogens with one attached hydrogen (secondary N) is 2. The van der Waals surface area contributed by atoms with Crippen LogP contribution in [0.2, 0.25) is 0 Å². The summed E-state index contributed by atoms with van der Waals surface area (Å²) in [6.45, 7) is 0. The molecule has 92 valence electrons. The third kappa shape index (κ3) is 2.08. The number of amides is 1. The molecule has 1 amide bonds. The van der Waals surface area contributed by atoms with E-state index in [1.165, 1.54) is 6.20 Å². The molecule has 1 aliphatic rings. The average Bonchev–Trinajstić information content (AvgIpc) is 2.99. The van der Waals surface area contributed by atoms with Gasteiger partial charge in [0, 0.05) is 6.20 Å². The molecule has 0 aliphatic heterocycles. The fraction of sp³-hybridized carbons (Fsp3) is 0.500. The van der Waals surface area contributed by atoms with Crippen LogP contribution in [0.3, 0.4) is 0 Å².